The molecule has 27 heavy (non-hydrogen) atoms. The lowest BCUT2D eigenvalue weighted by Crippen LogP contribution is -2.39. The number of hydrogen-bond acceptors (Lipinski definition) is 3. The maximum absolute atomic E-state index is 10.1. The molecule has 3 N–H and O–H groups in total. The fourth-order valence-corrected chi connectivity index (χ4v) is 2.49. The van der Waals surface area contributed by atoms with Gasteiger partial charge in [-0.05, 0) is 31.5 Å². The van der Waals surface area contributed by atoms with E-state index in [2.05, 4.69) is 20.2 Å². The van der Waals surface area contributed by atoms with E-state index in [1.807, 2.05) is 68.7 Å². The number of hydrogen-bond donors (Lipinski definition) is 3. The van der Waals surface area contributed by atoms with Crippen LogP contribution in [0.2, 0.25) is 0 Å². The summed E-state index contributed by atoms with van der Waals surface area (Å²) in [6.45, 7) is 6.94. The van der Waals surface area contributed by atoms with Crippen molar-refractivity contribution in [2.45, 2.75) is 32.6 Å². The molecule has 0 aliphatic carbocycles. The van der Waals surface area contributed by atoms with Gasteiger partial charge in [-0.25, -0.2) is 0 Å². The standard InChI is InChI=1S/C20H30N4O2.HI/c1-3-21-20(22-11-14-24-12-7-8-13-24)23-15-19(25)16-26-17(2)18-9-5-4-6-10-18;/h4-10,12-13,17,19,25H,3,11,14-16H2,1-2H3,(H2,21,22,23);1H. The third kappa shape index (κ3) is 9.25. The van der Waals surface area contributed by atoms with Gasteiger partial charge in [0.05, 0.1) is 25.4 Å². The van der Waals surface area contributed by atoms with E-state index in [0.29, 0.717) is 12.5 Å². The summed E-state index contributed by atoms with van der Waals surface area (Å²) in [5.74, 6) is 0.704. The minimum Gasteiger partial charge on any atom is -0.389 e. The van der Waals surface area contributed by atoms with Crippen molar-refractivity contribution in [3.8, 4) is 0 Å². The smallest absolute Gasteiger partial charge is 0.191 e. The average Bonchev–Trinajstić information content (AvgIpc) is 3.18. The van der Waals surface area contributed by atoms with E-state index in [-0.39, 0.29) is 36.7 Å². The Kier molecular flexibility index (Phi) is 11.8. The maximum Gasteiger partial charge on any atom is 0.191 e. The topological polar surface area (TPSA) is 70.8 Å². The van der Waals surface area contributed by atoms with Gasteiger partial charge in [-0.2, -0.15) is 0 Å². The van der Waals surface area contributed by atoms with Crippen molar-refractivity contribution >= 4 is 29.9 Å². The SMILES string of the molecule is CCNC(=NCC(O)COC(C)c1ccccc1)NCCn1cccc1.I. The Morgan fingerprint density at radius 1 is 1.15 bits per heavy atom. The number of ether oxygens (including phenoxy) is 1. The normalized spacial score (nSPS) is 13.5. The highest BCUT2D eigenvalue weighted by Gasteiger charge is 2.10. The van der Waals surface area contributed by atoms with Crippen LogP contribution in [0.5, 0.6) is 0 Å². The Morgan fingerprint density at radius 2 is 1.85 bits per heavy atom. The average molecular weight is 486 g/mol. The number of aliphatic hydroxyl groups excluding tert-OH is 1. The fraction of sp³-hybridized carbons (Fsp3) is 0.450. The molecule has 0 radical (unpaired) electrons. The number of guanidine groups is 1. The molecular formula is C20H31IN4O2. The quantitative estimate of drug-likeness (QED) is 0.275. The minimum atomic E-state index is -0.638. The lowest BCUT2D eigenvalue weighted by molar-refractivity contribution is 0.00111. The number of rotatable bonds is 10. The number of nitrogens with one attached hydrogen (secondary N) is 2. The highest BCUT2D eigenvalue weighted by atomic mass is 127. The summed E-state index contributed by atoms with van der Waals surface area (Å²) < 4.78 is 7.85. The van der Waals surface area contributed by atoms with Crippen molar-refractivity contribution < 1.29 is 9.84 Å². The van der Waals surface area contributed by atoms with Gasteiger partial charge in [0.15, 0.2) is 5.96 Å². The number of benzene rings is 1. The monoisotopic (exact) mass is 486 g/mol. The van der Waals surface area contributed by atoms with Crippen LogP contribution in [0.15, 0.2) is 59.9 Å². The summed E-state index contributed by atoms with van der Waals surface area (Å²) in [6.07, 6.45) is 3.37. The molecule has 150 valence electrons. The second-order valence-electron chi connectivity index (χ2n) is 6.11. The molecule has 0 amide bonds. The molecule has 1 aromatic heterocycles. The zero-order valence-corrected chi connectivity index (χ0v) is 18.4. The molecule has 2 atom stereocenters. The highest BCUT2D eigenvalue weighted by molar-refractivity contribution is 14.0. The number of aliphatic imine (C=N–C) groups is 1. The van der Waals surface area contributed by atoms with Crippen molar-refractivity contribution in [1.82, 2.24) is 15.2 Å². The van der Waals surface area contributed by atoms with Gasteiger partial charge in [-0.1, -0.05) is 30.3 Å². The molecular weight excluding hydrogens is 455 g/mol. The first kappa shape index (κ1) is 23.5. The molecule has 1 aromatic carbocycles. The lowest BCUT2D eigenvalue weighted by atomic mass is 10.1. The molecule has 1 heterocycles. The van der Waals surface area contributed by atoms with Crippen LogP contribution < -0.4 is 10.6 Å². The van der Waals surface area contributed by atoms with Crippen molar-refractivity contribution in [3.05, 3.63) is 60.4 Å². The number of nitrogens with zero attached hydrogens (tertiary/aromatic N) is 2. The zero-order valence-electron chi connectivity index (χ0n) is 16.0. The van der Waals surface area contributed by atoms with Crippen molar-refractivity contribution in [2.24, 2.45) is 4.99 Å². The van der Waals surface area contributed by atoms with E-state index in [4.69, 9.17) is 4.74 Å². The molecule has 2 unspecified atom stereocenters. The van der Waals surface area contributed by atoms with E-state index in [0.717, 1.165) is 25.2 Å². The first-order valence-electron chi connectivity index (χ1n) is 9.16. The Morgan fingerprint density at radius 3 is 2.52 bits per heavy atom. The van der Waals surface area contributed by atoms with Gasteiger partial charge in [0.25, 0.3) is 0 Å². The van der Waals surface area contributed by atoms with Gasteiger partial charge >= 0.3 is 0 Å². The summed E-state index contributed by atoms with van der Waals surface area (Å²) in [5.41, 5.74) is 1.10. The van der Waals surface area contributed by atoms with Gasteiger partial charge in [0.1, 0.15) is 0 Å². The van der Waals surface area contributed by atoms with Crippen LogP contribution in [-0.2, 0) is 11.3 Å². The van der Waals surface area contributed by atoms with E-state index in [9.17, 15) is 5.11 Å². The molecule has 0 bridgehead atoms. The number of aromatic nitrogens is 1. The molecule has 0 aliphatic rings. The molecule has 2 aromatic rings. The van der Waals surface area contributed by atoms with E-state index >= 15 is 0 Å². The number of halogens is 1. The first-order chi connectivity index (χ1) is 12.7. The van der Waals surface area contributed by atoms with Gasteiger partial charge in [-0.15, -0.1) is 24.0 Å². The molecule has 6 nitrogen and oxygen atoms in total. The second kappa shape index (κ2) is 13.6. The Balaban J connectivity index is 0.00000364. The second-order valence-corrected chi connectivity index (χ2v) is 6.11. The Labute approximate surface area is 179 Å². The highest BCUT2D eigenvalue weighted by Crippen LogP contribution is 2.15. The largest absolute Gasteiger partial charge is 0.389 e. The van der Waals surface area contributed by atoms with Crippen molar-refractivity contribution in [1.29, 1.82) is 0 Å². The van der Waals surface area contributed by atoms with Crippen LogP contribution in [0.25, 0.3) is 0 Å². The molecule has 7 heteroatoms. The third-order valence-corrected chi connectivity index (χ3v) is 3.94. The van der Waals surface area contributed by atoms with Crippen LogP contribution in [0.4, 0.5) is 0 Å². The van der Waals surface area contributed by atoms with Gasteiger partial charge < -0.3 is 25.0 Å². The predicted molar refractivity (Wildman–Crippen MR) is 121 cm³/mol. The van der Waals surface area contributed by atoms with E-state index in [1.54, 1.807) is 0 Å². The Bertz CT molecular complexity index is 635. The molecule has 0 saturated heterocycles. The van der Waals surface area contributed by atoms with Crippen LogP contribution in [-0.4, -0.2) is 48.0 Å². The molecule has 2 rings (SSSR count). The molecule has 0 spiro atoms. The summed E-state index contributed by atoms with van der Waals surface area (Å²) in [6, 6.07) is 14.0. The first-order valence-corrected chi connectivity index (χ1v) is 9.16. The third-order valence-electron chi connectivity index (χ3n) is 3.94. The van der Waals surface area contributed by atoms with E-state index < -0.39 is 6.10 Å². The van der Waals surface area contributed by atoms with Gasteiger partial charge in [0.2, 0.25) is 0 Å². The van der Waals surface area contributed by atoms with Crippen LogP contribution >= 0.6 is 24.0 Å². The maximum atomic E-state index is 10.1. The van der Waals surface area contributed by atoms with Crippen LogP contribution in [0.3, 0.4) is 0 Å². The summed E-state index contributed by atoms with van der Waals surface area (Å²) in [4.78, 5) is 4.44. The van der Waals surface area contributed by atoms with Crippen molar-refractivity contribution in [2.75, 3.05) is 26.2 Å². The fourth-order valence-electron chi connectivity index (χ4n) is 2.49. The summed E-state index contributed by atoms with van der Waals surface area (Å²) in [5, 5.41) is 16.6. The minimum absolute atomic E-state index is 0. The lowest BCUT2D eigenvalue weighted by Gasteiger charge is -2.17. The molecule has 0 saturated carbocycles. The predicted octanol–water partition coefficient (Wildman–Crippen LogP) is 2.80. The summed E-state index contributed by atoms with van der Waals surface area (Å²) >= 11 is 0. The summed E-state index contributed by atoms with van der Waals surface area (Å²) in [7, 11) is 0. The van der Waals surface area contributed by atoms with Crippen LogP contribution in [0.1, 0.15) is 25.5 Å². The molecule has 0 aliphatic heterocycles. The Hall–Kier alpha value is -1.58. The zero-order chi connectivity index (χ0) is 18.6. The van der Waals surface area contributed by atoms with Gasteiger partial charge in [-0.3, -0.25) is 4.99 Å². The number of aliphatic hydroxyl groups is 1. The van der Waals surface area contributed by atoms with E-state index in [1.165, 1.54) is 0 Å². The molecule has 0 fully saturated rings. The van der Waals surface area contributed by atoms with Crippen LogP contribution in [0, 0.1) is 0 Å². The van der Waals surface area contributed by atoms with Gasteiger partial charge in [0, 0.05) is 32.0 Å². The van der Waals surface area contributed by atoms with Crippen molar-refractivity contribution in [3.63, 3.8) is 0 Å².